The van der Waals surface area contributed by atoms with Crippen molar-refractivity contribution in [2.45, 2.75) is 19.3 Å². The molecule has 0 aromatic heterocycles. The number of aliphatic hydroxyl groups is 1. The molecule has 0 saturated carbocycles. The number of amides is 1. The van der Waals surface area contributed by atoms with E-state index >= 15 is 0 Å². The molecule has 0 aliphatic heterocycles. The highest BCUT2D eigenvalue weighted by molar-refractivity contribution is 5.77. The Morgan fingerprint density at radius 1 is 1.36 bits per heavy atom. The molecule has 3 N–H and O–H groups in total. The van der Waals surface area contributed by atoms with Crippen LogP contribution in [0.1, 0.15) is 19.3 Å². The lowest BCUT2D eigenvalue weighted by Gasteiger charge is -2.04. The third-order valence-corrected chi connectivity index (χ3v) is 1.67. The Bertz CT molecular complexity index is 187. The summed E-state index contributed by atoms with van der Waals surface area (Å²) in [5, 5.41) is 14.0. The second-order valence-corrected chi connectivity index (χ2v) is 2.94. The fourth-order valence-corrected chi connectivity index (χ4v) is 0.952. The molecule has 0 aliphatic rings. The molecule has 0 unspecified atom stereocenters. The third kappa shape index (κ3) is 9.04. The number of hydrogen-bond donors (Lipinski definition) is 3. The van der Waals surface area contributed by atoms with E-state index in [1.165, 1.54) is 0 Å². The monoisotopic (exact) mass is 198 g/mol. The van der Waals surface area contributed by atoms with Gasteiger partial charge in [0.1, 0.15) is 0 Å². The van der Waals surface area contributed by atoms with E-state index < -0.39 is 0 Å². The predicted molar refractivity (Wildman–Crippen MR) is 55.6 cm³/mol. The fourth-order valence-electron chi connectivity index (χ4n) is 0.952. The lowest BCUT2D eigenvalue weighted by molar-refractivity contribution is -0.120. The fraction of sp³-hybridized carbons (Fsp3) is 0.700. The van der Waals surface area contributed by atoms with Gasteiger partial charge in [0.05, 0.1) is 13.1 Å². The number of aliphatic hydroxyl groups excluding tert-OH is 1. The summed E-state index contributed by atoms with van der Waals surface area (Å²) in [6.45, 7) is 1.57. The largest absolute Gasteiger partial charge is 0.396 e. The number of carbonyl (C=O) groups is 1. The zero-order chi connectivity index (χ0) is 10.6. The van der Waals surface area contributed by atoms with Gasteiger partial charge < -0.3 is 10.4 Å². The number of carbonyl (C=O) groups excluding carboxylic acids is 1. The normalized spacial score (nSPS) is 9.43. The first-order valence-electron chi connectivity index (χ1n) is 4.83. The van der Waals surface area contributed by atoms with Crippen LogP contribution >= 0.6 is 0 Å². The van der Waals surface area contributed by atoms with Crippen LogP contribution in [0.15, 0.2) is 0 Å². The lowest BCUT2D eigenvalue weighted by atomic mass is 10.2. The second-order valence-electron chi connectivity index (χ2n) is 2.94. The molecular formula is C10H18N2O2. The quantitative estimate of drug-likeness (QED) is 0.363. The first-order chi connectivity index (χ1) is 6.81. The van der Waals surface area contributed by atoms with Crippen molar-refractivity contribution in [3.05, 3.63) is 0 Å². The summed E-state index contributed by atoms with van der Waals surface area (Å²) in [5.74, 6) is 2.35. The summed E-state index contributed by atoms with van der Waals surface area (Å²) >= 11 is 0. The highest BCUT2D eigenvalue weighted by Gasteiger charge is 1.97. The van der Waals surface area contributed by atoms with E-state index in [-0.39, 0.29) is 19.1 Å². The molecule has 80 valence electrons. The summed E-state index contributed by atoms with van der Waals surface area (Å²) in [5.41, 5.74) is 0. The molecule has 4 nitrogen and oxygen atoms in total. The number of rotatable bonds is 8. The SMILES string of the molecule is C#CCNCC(=O)NCCCCCO. The van der Waals surface area contributed by atoms with Gasteiger partial charge in [0.2, 0.25) is 5.91 Å². The Balaban J connectivity index is 3.15. The minimum Gasteiger partial charge on any atom is -0.396 e. The van der Waals surface area contributed by atoms with Gasteiger partial charge in [-0.2, -0.15) is 0 Å². The number of nitrogens with one attached hydrogen (secondary N) is 2. The molecule has 4 heteroatoms. The van der Waals surface area contributed by atoms with E-state index in [9.17, 15) is 4.79 Å². The smallest absolute Gasteiger partial charge is 0.233 e. The molecule has 0 atom stereocenters. The topological polar surface area (TPSA) is 61.4 Å². The first-order valence-corrected chi connectivity index (χ1v) is 4.83. The molecule has 0 saturated heterocycles. The Hall–Kier alpha value is -1.05. The van der Waals surface area contributed by atoms with Crippen molar-refractivity contribution in [2.24, 2.45) is 0 Å². The first kappa shape index (κ1) is 12.9. The molecule has 0 radical (unpaired) electrons. The van der Waals surface area contributed by atoms with Crippen LogP contribution in [0.25, 0.3) is 0 Å². The van der Waals surface area contributed by atoms with E-state index in [4.69, 9.17) is 11.5 Å². The van der Waals surface area contributed by atoms with Gasteiger partial charge in [-0.1, -0.05) is 5.92 Å². The van der Waals surface area contributed by atoms with Gasteiger partial charge in [-0.05, 0) is 19.3 Å². The number of hydrogen-bond acceptors (Lipinski definition) is 3. The maximum absolute atomic E-state index is 11.1. The lowest BCUT2D eigenvalue weighted by Crippen LogP contribution is -2.34. The van der Waals surface area contributed by atoms with Crippen molar-refractivity contribution in [1.29, 1.82) is 0 Å². The highest BCUT2D eigenvalue weighted by atomic mass is 16.2. The Morgan fingerprint density at radius 2 is 2.14 bits per heavy atom. The predicted octanol–water partition coefficient (Wildman–Crippen LogP) is -0.512. The van der Waals surface area contributed by atoms with Gasteiger partial charge in [-0.25, -0.2) is 0 Å². The molecule has 0 fully saturated rings. The van der Waals surface area contributed by atoms with Gasteiger partial charge in [-0.15, -0.1) is 6.42 Å². The molecular weight excluding hydrogens is 180 g/mol. The Morgan fingerprint density at radius 3 is 2.79 bits per heavy atom. The van der Waals surface area contributed by atoms with Gasteiger partial charge in [0.25, 0.3) is 0 Å². The van der Waals surface area contributed by atoms with E-state index in [0.29, 0.717) is 13.1 Å². The minimum absolute atomic E-state index is 0.0377. The third-order valence-electron chi connectivity index (χ3n) is 1.67. The zero-order valence-corrected chi connectivity index (χ0v) is 8.38. The molecule has 14 heavy (non-hydrogen) atoms. The van der Waals surface area contributed by atoms with Crippen molar-refractivity contribution in [3.8, 4) is 12.3 Å². The Kier molecular flexibility index (Phi) is 9.28. The van der Waals surface area contributed by atoms with Crippen LogP contribution < -0.4 is 10.6 Å². The van der Waals surface area contributed by atoms with Gasteiger partial charge in [0.15, 0.2) is 0 Å². The second kappa shape index (κ2) is 10.0. The highest BCUT2D eigenvalue weighted by Crippen LogP contribution is 1.91. The maximum atomic E-state index is 11.1. The molecule has 0 heterocycles. The summed E-state index contributed by atoms with van der Waals surface area (Å²) in [6, 6.07) is 0. The number of unbranched alkanes of at least 4 members (excludes halogenated alkanes) is 2. The molecule has 0 aromatic rings. The van der Waals surface area contributed by atoms with E-state index in [0.717, 1.165) is 19.3 Å². The van der Waals surface area contributed by atoms with Crippen molar-refractivity contribution >= 4 is 5.91 Å². The van der Waals surface area contributed by atoms with Crippen LogP contribution in [-0.2, 0) is 4.79 Å². The minimum atomic E-state index is -0.0377. The van der Waals surface area contributed by atoms with E-state index in [1.807, 2.05) is 0 Å². The van der Waals surface area contributed by atoms with Crippen molar-refractivity contribution in [3.63, 3.8) is 0 Å². The average Bonchev–Trinajstić information content (AvgIpc) is 2.18. The van der Waals surface area contributed by atoms with E-state index in [1.54, 1.807) is 0 Å². The maximum Gasteiger partial charge on any atom is 0.233 e. The molecule has 0 spiro atoms. The molecule has 1 amide bonds. The van der Waals surface area contributed by atoms with Crippen LogP contribution in [0.5, 0.6) is 0 Å². The summed E-state index contributed by atoms with van der Waals surface area (Å²) in [4.78, 5) is 11.1. The van der Waals surface area contributed by atoms with Gasteiger partial charge >= 0.3 is 0 Å². The zero-order valence-electron chi connectivity index (χ0n) is 8.38. The van der Waals surface area contributed by atoms with Crippen LogP contribution in [0, 0.1) is 12.3 Å². The average molecular weight is 198 g/mol. The van der Waals surface area contributed by atoms with Crippen LogP contribution in [0.2, 0.25) is 0 Å². The van der Waals surface area contributed by atoms with Crippen molar-refractivity contribution < 1.29 is 9.90 Å². The molecule has 0 aromatic carbocycles. The van der Waals surface area contributed by atoms with Gasteiger partial charge in [-0.3, -0.25) is 10.1 Å². The molecule has 0 aliphatic carbocycles. The van der Waals surface area contributed by atoms with Crippen molar-refractivity contribution in [1.82, 2.24) is 10.6 Å². The summed E-state index contributed by atoms with van der Waals surface area (Å²) in [6.07, 6.45) is 7.64. The summed E-state index contributed by atoms with van der Waals surface area (Å²) in [7, 11) is 0. The van der Waals surface area contributed by atoms with E-state index in [2.05, 4.69) is 16.6 Å². The molecule has 0 bridgehead atoms. The van der Waals surface area contributed by atoms with Crippen molar-refractivity contribution in [2.75, 3.05) is 26.2 Å². The van der Waals surface area contributed by atoms with Crippen LogP contribution in [0.3, 0.4) is 0 Å². The van der Waals surface area contributed by atoms with Crippen LogP contribution in [-0.4, -0.2) is 37.3 Å². The Labute approximate surface area is 85.1 Å². The molecule has 0 rings (SSSR count). The number of terminal acetylenes is 1. The summed E-state index contributed by atoms with van der Waals surface area (Å²) < 4.78 is 0. The van der Waals surface area contributed by atoms with Gasteiger partial charge in [0, 0.05) is 13.2 Å². The standard InChI is InChI=1S/C10H18N2O2/c1-2-6-11-9-10(14)12-7-4-3-5-8-13/h1,11,13H,3-9H2,(H,12,14). The van der Waals surface area contributed by atoms with Crippen LogP contribution in [0.4, 0.5) is 0 Å².